The van der Waals surface area contributed by atoms with Gasteiger partial charge in [0.05, 0.1) is 11.8 Å². The van der Waals surface area contributed by atoms with Crippen LogP contribution in [-0.4, -0.2) is 62.6 Å². The first-order valence-electron chi connectivity index (χ1n) is 3.57. The van der Waals surface area contributed by atoms with Crippen molar-refractivity contribution < 1.29 is 14.7 Å². The van der Waals surface area contributed by atoms with E-state index in [1.54, 1.807) is 17.8 Å². The number of thioether (sulfide) groups is 1. The van der Waals surface area contributed by atoms with Crippen molar-refractivity contribution in [1.82, 2.24) is 4.90 Å². The third-order valence-electron chi connectivity index (χ3n) is 1.95. The van der Waals surface area contributed by atoms with Crippen LogP contribution in [0.1, 0.15) is 6.42 Å². The van der Waals surface area contributed by atoms with E-state index in [9.17, 15) is 9.59 Å². The van der Waals surface area contributed by atoms with Crippen LogP contribution >= 0.6 is 11.8 Å². The number of hydrogen-bond donors (Lipinski definition) is 1. The summed E-state index contributed by atoms with van der Waals surface area (Å²) in [5.74, 6) is -0.398. The Balaban J connectivity index is 0.000000845. The molecule has 0 saturated carbocycles. The molecule has 2 aliphatic rings. The fraction of sp³-hybridized carbons (Fsp3) is 0.429. The van der Waals surface area contributed by atoms with E-state index in [1.807, 2.05) is 0 Å². The minimum atomic E-state index is -1.01. The van der Waals surface area contributed by atoms with E-state index in [0.29, 0.717) is 12.2 Å². The van der Waals surface area contributed by atoms with Gasteiger partial charge in [-0.1, -0.05) is 0 Å². The maximum atomic E-state index is 11.0. The van der Waals surface area contributed by atoms with Crippen molar-refractivity contribution >= 4 is 53.2 Å². The summed E-state index contributed by atoms with van der Waals surface area (Å²) in [7, 11) is 0. The molecule has 13 heavy (non-hydrogen) atoms. The van der Waals surface area contributed by atoms with Crippen LogP contribution in [0.5, 0.6) is 0 Å². The van der Waals surface area contributed by atoms with E-state index in [-0.39, 0.29) is 46.5 Å². The van der Waals surface area contributed by atoms with Crippen molar-refractivity contribution in [2.24, 2.45) is 0 Å². The second kappa shape index (κ2) is 4.04. The summed E-state index contributed by atoms with van der Waals surface area (Å²) in [6, 6.07) is 0. The van der Waals surface area contributed by atoms with E-state index < -0.39 is 5.97 Å². The van der Waals surface area contributed by atoms with Crippen LogP contribution in [0.15, 0.2) is 11.8 Å². The van der Waals surface area contributed by atoms with Gasteiger partial charge in [0.25, 0.3) is 0 Å². The van der Waals surface area contributed by atoms with Gasteiger partial charge >= 0.3 is 35.5 Å². The van der Waals surface area contributed by atoms with Crippen molar-refractivity contribution in [2.75, 3.05) is 5.75 Å². The van der Waals surface area contributed by atoms with E-state index in [0.717, 1.165) is 0 Å². The van der Waals surface area contributed by atoms with Gasteiger partial charge < -0.3 is 5.11 Å². The molecule has 1 atom stereocenters. The number of β-lactam (4-membered cyclic amide) rings is 1. The molecular weight excluding hydrogens is 201 g/mol. The zero-order valence-electron chi connectivity index (χ0n) is 6.19. The van der Waals surface area contributed by atoms with Crippen molar-refractivity contribution in [1.29, 1.82) is 0 Å². The molecule has 0 aromatic carbocycles. The topological polar surface area (TPSA) is 57.6 Å². The Morgan fingerprint density at radius 2 is 2.38 bits per heavy atom. The number of hydrogen-bond acceptors (Lipinski definition) is 3. The molecule has 0 unspecified atom stereocenters. The Hall–Kier alpha value is 0.0300. The van der Waals surface area contributed by atoms with Crippen LogP contribution in [0.2, 0.25) is 0 Å². The van der Waals surface area contributed by atoms with Gasteiger partial charge in [0, 0.05) is 5.75 Å². The summed E-state index contributed by atoms with van der Waals surface area (Å²) in [4.78, 5) is 23.0. The molecule has 6 heteroatoms. The Morgan fingerprint density at radius 1 is 1.69 bits per heavy atom. The molecule has 4 nitrogen and oxygen atoms in total. The molecule has 0 bridgehead atoms. The first-order valence-corrected chi connectivity index (χ1v) is 4.62. The van der Waals surface area contributed by atoms with Crippen molar-refractivity contribution in [3.63, 3.8) is 0 Å². The minimum absolute atomic E-state index is 0. The number of nitrogens with zero attached hydrogens (tertiary/aromatic N) is 1. The van der Waals surface area contributed by atoms with Gasteiger partial charge in [-0.05, 0) is 6.08 Å². The first-order chi connectivity index (χ1) is 5.70. The molecule has 2 aliphatic heterocycles. The Morgan fingerprint density at radius 3 is 2.85 bits per heavy atom. The summed E-state index contributed by atoms with van der Waals surface area (Å²) in [6.45, 7) is 0. The fourth-order valence-electron chi connectivity index (χ4n) is 1.34. The second-order valence-corrected chi connectivity index (χ2v) is 3.86. The van der Waals surface area contributed by atoms with Crippen LogP contribution in [-0.2, 0) is 9.59 Å². The normalized spacial score (nSPS) is 25.2. The molecule has 0 aliphatic carbocycles. The van der Waals surface area contributed by atoms with Gasteiger partial charge in [-0.3, -0.25) is 9.69 Å². The van der Waals surface area contributed by atoms with Crippen LogP contribution in [0, 0.1) is 0 Å². The second-order valence-electron chi connectivity index (χ2n) is 2.65. The average molecular weight is 209 g/mol. The number of carboxylic acids is 1. The third-order valence-corrected chi connectivity index (χ3v) is 3.07. The van der Waals surface area contributed by atoms with E-state index in [4.69, 9.17) is 5.11 Å². The summed E-state index contributed by atoms with van der Waals surface area (Å²) < 4.78 is 0. The monoisotopic (exact) mass is 209 g/mol. The molecule has 1 N–H and O–H groups in total. The van der Waals surface area contributed by atoms with Gasteiger partial charge in [-0.15, -0.1) is 11.8 Å². The molecular formula is C7H8NNaO3S. The Labute approximate surface area is 102 Å². The van der Waals surface area contributed by atoms with Crippen molar-refractivity contribution in [3.05, 3.63) is 11.8 Å². The molecule has 0 spiro atoms. The molecule has 66 valence electrons. The van der Waals surface area contributed by atoms with Crippen molar-refractivity contribution in [2.45, 2.75) is 11.8 Å². The zero-order valence-corrected chi connectivity index (χ0v) is 7.00. The summed E-state index contributed by atoms with van der Waals surface area (Å²) in [5.41, 5.74) is 0.148. The molecule has 1 amide bonds. The van der Waals surface area contributed by atoms with Crippen LogP contribution in [0.4, 0.5) is 0 Å². The average Bonchev–Trinajstić information content (AvgIpc) is 2.01. The predicted molar refractivity (Wildman–Crippen MR) is 50.6 cm³/mol. The summed E-state index contributed by atoms with van der Waals surface area (Å²) in [6.07, 6.45) is 2.07. The molecule has 0 radical (unpaired) electrons. The SMILES string of the molecule is O=C(O)C1=CCS[C@@H]2CC(=O)N12.[NaH]. The molecule has 2 heterocycles. The van der Waals surface area contributed by atoms with Gasteiger partial charge in [0.15, 0.2) is 0 Å². The number of carbonyl (C=O) groups is 2. The van der Waals surface area contributed by atoms with E-state index >= 15 is 0 Å². The number of rotatable bonds is 1. The number of carboxylic acid groups (broad SMARTS) is 1. The van der Waals surface area contributed by atoms with Gasteiger partial charge in [0.2, 0.25) is 5.91 Å². The third kappa shape index (κ3) is 1.79. The molecule has 1 saturated heterocycles. The molecule has 1 fully saturated rings. The number of carbonyl (C=O) groups excluding carboxylic acids is 1. The van der Waals surface area contributed by atoms with E-state index in [1.165, 1.54) is 4.90 Å². The van der Waals surface area contributed by atoms with Gasteiger partial charge in [-0.25, -0.2) is 4.79 Å². The first kappa shape index (κ1) is 11.1. The summed E-state index contributed by atoms with van der Waals surface area (Å²) >= 11 is 1.60. The summed E-state index contributed by atoms with van der Waals surface area (Å²) in [5, 5.41) is 8.78. The van der Waals surface area contributed by atoms with Gasteiger partial charge in [-0.2, -0.15) is 0 Å². The quantitative estimate of drug-likeness (QED) is 0.472. The standard InChI is InChI=1S/C7H7NO3S.Na.H/c9-5-3-6-8(5)4(7(10)11)1-2-12-6;;/h1,6H,2-3H2,(H,10,11);;/t6-;;/m1../s1. The molecule has 0 aromatic rings. The Bertz CT molecular complexity index is 291. The predicted octanol–water partition coefficient (Wildman–Crippen LogP) is -0.388. The van der Waals surface area contributed by atoms with Crippen LogP contribution in [0.25, 0.3) is 0 Å². The van der Waals surface area contributed by atoms with Crippen LogP contribution < -0.4 is 0 Å². The van der Waals surface area contributed by atoms with Gasteiger partial charge in [0.1, 0.15) is 5.70 Å². The maximum absolute atomic E-state index is 11.0. The molecule has 0 aromatic heterocycles. The zero-order chi connectivity index (χ0) is 8.72. The van der Waals surface area contributed by atoms with Crippen LogP contribution in [0.3, 0.4) is 0 Å². The fourth-order valence-corrected chi connectivity index (χ4v) is 2.45. The Kier molecular flexibility index (Phi) is 3.45. The number of amides is 1. The van der Waals surface area contributed by atoms with E-state index in [2.05, 4.69) is 0 Å². The number of aliphatic carboxylic acids is 1. The van der Waals surface area contributed by atoms with Crippen molar-refractivity contribution in [3.8, 4) is 0 Å². The molecule has 2 rings (SSSR count). The number of fused-ring (bicyclic) bond motifs is 1.